The first kappa shape index (κ1) is 7.75. The Hall–Kier alpha value is -1.25. The summed E-state index contributed by atoms with van der Waals surface area (Å²) in [4.78, 5) is 10.2. The Morgan fingerprint density at radius 1 is 1.78 bits per heavy atom. The van der Waals surface area contributed by atoms with Gasteiger partial charge < -0.3 is 11.1 Å². The van der Waals surface area contributed by atoms with E-state index in [1.807, 2.05) is 0 Å². The summed E-state index contributed by atoms with van der Waals surface area (Å²) in [7, 11) is 0. The molecule has 0 radical (unpaired) electrons. The van der Waals surface area contributed by atoms with Crippen molar-refractivity contribution in [2.24, 2.45) is 5.73 Å². The number of hydrogen-bond donors (Lipinski definition) is 2. The third-order valence-corrected chi connectivity index (χ3v) is 0.587. The highest BCUT2D eigenvalue weighted by atomic mass is 16.1. The quantitative estimate of drug-likeness (QED) is 0.528. The summed E-state index contributed by atoms with van der Waals surface area (Å²) < 4.78 is 0. The smallest absolute Gasteiger partial charge is 0.154 e. The minimum atomic E-state index is -0.0243. The summed E-state index contributed by atoms with van der Waals surface area (Å²) in [5.74, 6) is 0.302. The summed E-state index contributed by atoms with van der Waals surface area (Å²) in [6.07, 6.45) is 2.82. The molecule has 0 atom stereocenters. The van der Waals surface area contributed by atoms with Crippen LogP contribution < -0.4 is 11.1 Å². The maximum Gasteiger partial charge on any atom is 0.154 e. The number of carbonyl (C=O) groups excluding carboxylic acids is 1. The number of hydrogen-bond acceptors (Lipinski definition) is 3. The number of nitrogens with two attached hydrogens (primary N) is 1. The van der Waals surface area contributed by atoms with E-state index >= 15 is 0 Å². The zero-order valence-electron chi connectivity index (χ0n) is 5.35. The fourth-order valence-corrected chi connectivity index (χ4v) is 0.266. The molecule has 0 amide bonds. The van der Waals surface area contributed by atoms with E-state index in [9.17, 15) is 4.79 Å². The molecule has 50 valence electrons. The van der Waals surface area contributed by atoms with E-state index in [0.29, 0.717) is 5.82 Å². The molecule has 0 aliphatic rings. The van der Waals surface area contributed by atoms with Crippen LogP contribution in [0.4, 0.5) is 0 Å². The minimum absolute atomic E-state index is 0.0243. The first-order valence-corrected chi connectivity index (χ1v) is 2.51. The van der Waals surface area contributed by atoms with Gasteiger partial charge in [0.05, 0.1) is 5.82 Å². The van der Waals surface area contributed by atoms with E-state index in [1.165, 1.54) is 19.2 Å². The second kappa shape index (κ2) is 3.72. The van der Waals surface area contributed by atoms with Crippen molar-refractivity contribution in [1.82, 2.24) is 5.32 Å². The predicted molar refractivity (Wildman–Crippen MR) is 36.3 cm³/mol. The van der Waals surface area contributed by atoms with Crippen molar-refractivity contribution in [3.63, 3.8) is 0 Å². The standard InChI is InChI=1S/C6H10N2O/c1-5(9)3-4-8-6(2)7/h3-4,8H,2,7H2,1H3/b4-3-. The van der Waals surface area contributed by atoms with Crippen LogP contribution in [0.2, 0.25) is 0 Å². The van der Waals surface area contributed by atoms with Crippen molar-refractivity contribution in [2.45, 2.75) is 6.92 Å². The summed E-state index contributed by atoms with van der Waals surface area (Å²) in [6.45, 7) is 4.81. The normalized spacial score (nSPS) is 9.44. The van der Waals surface area contributed by atoms with Gasteiger partial charge in [-0.3, -0.25) is 4.79 Å². The molecule has 0 rings (SSSR count). The van der Waals surface area contributed by atoms with Crippen molar-refractivity contribution in [1.29, 1.82) is 0 Å². The summed E-state index contributed by atoms with van der Waals surface area (Å²) in [6, 6.07) is 0. The molecule has 9 heavy (non-hydrogen) atoms. The Morgan fingerprint density at radius 3 is 2.67 bits per heavy atom. The summed E-state index contributed by atoms with van der Waals surface area (Å²) in [5, 5.41) is 2.56. The van der Waals surface area contributed by atoms with Crippen LogP contribution in [0.5, 0.6) is 0 Å². The van der Waals surface area contributed by atoms with Crippen LogP contribution in [0, 0.1) is 0 Å². The molecule has 0 aromatic heterocycles. The highest BCUT2D eigenvalue weighted by molar-refractivity contribution is 5.87. The van der Waals surface area contributed by atoms with Gasteiger partial charge >= 0.3 is 0 Å². The Labute approximate surface area is 54.2 Å². The van der Waals surface area contributed by atoms with Gasteiger partial charge in [0.25, 0.3) is 0 Å². The van der Waals surface area contributed by atoms with Crippen LogP contribution in [-0.4, -0.2) is 5.78 Å². The maximum atomic E-state index is 10.2. The average molecular weight is 126 g/mol. The maximum absolute atomic E-state index is 10.2. The van der Waals surface area contributed by atoms with Crippen molar-refractivity contribution >= 4 is 5.78 Å². The molecule has 0 bridgehead atoms. The van der Waals surface area contributed by atoms with Gasteiger partial charge in [-0.15, -0.1) is 0 Å². The van der Waals surface area contributed by atoms with Gasteiger partial charge in [0.2, 0.25) is 0 Å². The lowest BCUT2D eigenvalue weighted by Crippen LogP contribution is -2.11. The molecule has 0 aliphatic heterocycles. The second-order valence-electron chi connectivity index (χ2n) is 1.61. The van der Waals surface area contributed by atoms with Crippen LogP contribution in [0.1, 0.15) is 6.92 Å². The highest BCUT2D eigenvalue weighted by Gasteiger charge is 1.79. The zero-order chi connectivity index (χ0) is 7.28. The van der Waals surface area contributed by atoms with Gasteiger partial charge in [-0.1, -0.05) is 6.58 Å². The zero-order valence-corrected chi connectivity index (χ0v) is 5.35. The van der Waals surface area contributed by atoms with E-state index in [-0.39, 0.29) is 5.78 Å². The van der Waals surface area contributed by atoms with Crippen LogP contribution in [-0.2, 0) is 4.79 Å². The highest BCUT2D eigenvalue weighted by Crippen LogP contribution is 1.72. The minimum Gasteiger partial charge on any atom is -0.386 e. The van der Waals surface area contributed by atoms with E-state index in [4.69, 9.17) is 5.73 Å². The SMILES string of the molecule is C=C(N)N/C=C\C(C)=O. The molecule has 0 unspecified atom stereocenters. The molecule has 3 N–H and O–H groups in total. The topological polar surface area (TPSA) is 55.1 Å². The van der Waals surface area contributed by atoms with Crippen molar-refractivity contribution in [2.75, 3.05) is 0 Å². The molecule has 0 aromatic rings. The van der Waals surface area contributed by atoms with E-state index in [0.717, 1.165) is 0 Å². The van der Waals surface area contributed by atoms with E-state index in [2.05, 4.69) is 11.9 Å². The van der Waals surface area contributed by atoms with E-state index < -0.39 is 0 Å². The molecule has 0 aromatic carbocycles. The number of rotatable bonds is 3. The Balaban J connectivity index is 3.48. The average Bonchev–Trinajstić information content (AvgIpc) is 1.63. The lowest BCUT2D eigenvalue weighted by Gasteiger charge is -1.93. The largest absolute Gasteiger partial charge is 0.386 e. The molecular formula is C6H10N2O. The van der Waals surface area contributed by atoms with Gasteiger partial charge in [-0.25, -0.2) is 0 Å². The fourth-order valence-electron chi connectivity index (χ4n) is 0.266. The first-order valence-electron chi connectivity index (χ1n) is 2.51. The first-order chi connectivity index (χ1) is 4.13. The third kappa shape index (κ3) is 6.75. The lowest BCUT2D eigenvalue weighted by molar-refractivity contribution is -0.112. The number of nitrogens with one attached hydrogen (secondary N) is 1. The number of carbonyl (C=O) groups is 1. The van der Waals surface area contributed by atoms with Crippen LogP contribution in [0.25, 0.3) is 0 Å². The monoisotopic (exact) mass is 126 g/mol. The van der Waals surface area contributed by atoms with Crippen molar-refractivity contribution < 1.29 is 4.79 Å². The fraction of sp³-hybridized carbons (Fsp3) is 0.167. The molecular weight excluding hydrogens is 116 g/mol. The Morgan fingerprint density at radius 2 is 2.33 bits per heavy atom. The van der Waals surface area contributed by atoms with Crippen LogP contribution in [0.3, 0.4) is 0 Å². The van der Waals surface area contributed by atoms with Gasteiger partial charge in [-0.2, -0.15) is 0 Å². The van der Waals surface area contributed by atoms with Gasteiger partial charge in [-0.05, 0) is 13.0 Å². The molecule has 0 fully saturated rings. The predicted octanol–water partition coefficient (Wildman–Crippen LogP) is 0.109. The van der Waals surface area contributed by atoms with Gasteiger partial charge in [0.15, 0.2) is 5.78 Å². The molecule has 3 nitrogen and oxygen atoms in total. The summed E-state index contributed by atoms with van der Waals surface area (Å²) in [5.41, 5.74) is 5.11. The second-order valence-corrected chi connectivity index (χ2v) is 1.61. The third-order valence-electron chi connectivity index (χ3n) is 0.587. The summed E-state index contributed by atoms with van der Waals surface area (Å²) >= 11 is 0. The van der Waals surface area contributed by atoms with Gasteiger partial charge in [0.1, 0.15) is 0 Å². The van der Waals surface area contributed by atoms with Crippen LogP contribution in [0.15, 0.2) is 24.7 Å². The van der Waals surface area contributed by atoms with Gasteiger partial charge in [0, 0.05) is 6.20 Å². The molecule has 3 heteroatoms. The molecule has 0 heterocycles. The van der Waals surface area contributed by atoms with Crippen molar-refractivity contribution in [3.05, 3.63) is 24.7 Å². The Bertz CT molecular complexity index is 149. The van der Waals surface area contributed by atoms with Crippen molar-refractivity contribution in [3.8, 4) is 0 Å². The molecule has 0 saturated heterocycles. The molecule has 0 spiro atoms. The molecule has 0 saturated carbocycles. The van der Waals surface area contributed by atoms with Crippen LogP contribution >= 0.6 is 0 Å². The number of ketones is 1. The lowest BCUT2D eigenvalue weighted by atomic mass is 10.4. The van der Waals surface area contributed by atoms with E-state index in [1.54, 1.807) is 0 Å². The Kier molecular flexibility index (Phi) is 3.20. The molecule has 0 aliphatic carbocycles. The number of allylic oxidation sites excluding steroid dienone is 1.